The summed E-state index contributed by atoms with van der Waals surface area (Å²) >= 11 is 1.39. The van der Waals surface area contributed by atoms with Crippen molar-refractivity contribution >= 4 is 29.1 Å². The number of ether oxygens (including phenoxy) is 1. The Kier molecular flexibility index (Phi) is 6.39. The van der Waals surface area contributed by atoms with Gasteiger partial charge in [-0.05, 0) is 23.3 Å². The molecule has 2 aromatic carbocycles. The molecule has 0 aliphatic heterocycles. The van der Waals surface area contributed by atoms with E-state index in [1.165, 1.54) is 31.2 Å². The topological polar surface area (TPSA) is 97.3 Å². The molecule has 0 amide bonds. The van der Waals surface area contributed by atoms with Gasteiger partial charge in [-0.25, -0.2) is 4.79 Å². The van der Waals surface area contributed by atoms with E-state index in [1.807, 2.05) is 30.3 Å². The maximum absolute atomic E-state index is 11.0. The molecule has 2 aromatic rings. The monoisotopic (exact) mass is 343 g/mol. The number of nitrogens with two attached hydrogens (primary N) is 1. The minimum atomic E-state index is -1.05. The number of hydrogen-bond donors (Lipinski definition) is 2. The predicted octanol–water partition coefficient (Wildman–Crippen LogP) is 2.98. The summed E-state index contributed by atoms with van der Waals surface area (Å²) in [5, 5.41) is 17.2. The Bertz CT molecular complexity index is 761. The van der Waals surface area contributed by atoms with E-state index in [4.69, 9.17) is 15.6 Å². The molecule has 0 radical (unpaired) electrons. The Morgan fingerprint density at radius 3 is 2.71 bits per heavy atom. The van der Waals surface area contributed by atoms with Gasteiger partial charge < -0.3 is 15.6 Å². The molecule has 7 heteroatoms. The summed E-state index contributed by atoms with van der Waals surface area (Å²) in [5.41, 5.74) is 7.72. The second-order valence-electron chi connectivity index (χ2n) is 4.72. The molecule has 3 N–H and O–H groups in total. The van der Waals surface area contributed by atoms with Gasteiger partial charge in [-0.3, -0.25) is 0 Å². The Morgan fingerprint density at radius 2 is 2.04 bits per heavy atom. The van der Waals surface area contributed by atoms with Crippen LogP contribution in [0.5, 0.6) is 5.75 Å². The molecule has 0 saturated carbocycles. The van der Waals surface area contributed by atoms with Crippen LogP contribution >= 0.6 is 11.8 Å². The molecule has 0 spiro atoms. The van der Waals surface area contributed by atoms with Gasteiger partial charge in [0.25, 0.3) is 0 Å². The molecule has 2 rings (SSSR count). The van der Waals surface area contributed by atoms with E-state index < -0.39 is 5.97 Å². The molecule has 124 valence electrons. The van der Waals surface area contributed by atoms with E-state index in [2.05, 4.69) is 10.2 Å². The van der Waals surface area contributed by atoms with Crippen LogP contribution in [0.1, 0.15) is 21.5 Å². The fraction of sp³-hybridized carbons (Fsp3) is 0.118. The maximum atomic E-state index is 11.0. The lowest BCUT2D eigenvalue weighted by Crippen LogP contribution is -2.06. The summed E-state index contributed by atoms with van der Waals surface area (Å²) in [4.78, 5) is 11.0. The Balaban J connectivity index is 1.98. The van der Waals surface area contributed by atoms with Crippen molar-refractivity contribution in [2.45, 2.75) is 5.75 Å². The maximum Gasteiger partial charge on any atom is 0.339 e. The predicted molar refractivity (Wildman–Crippen MR) is 96.9 cm³/mol. The van der Waals surface area contributed by atoms with Crippen LogP contribution in [-0.2, 0) is 5.75 Å². The van der Waals surface area contributed by atoms with Crippen molar-refractivity contribution < 1.29 is 14.6 Å². The van der Waals surface area contributed by atoms with Gasteiger partial charge in [0.15, 0.2) is 5.17 Å². The lowest BCUT2D eigenvalue weighted by molar-refractivity contribution is 0.0693. The molecular formula is C17H17N3O3S. The fourth-order valence-corrected chi connectivity index (χ4v) is 2.49. The highest BCUT2D eigenvalue weighted by atomic mass is 32.2. The Morgan fingerprint density at radius 1 is 1.29 bits per heavy atom. The van der Waals surface area contributed by atoms with E-state index in [-0.39, 0.29) is 11.3 Å². The lowest BCUT2D eigenvalue weighted by atomic mass is 10.1. The fourth-order valence-electron chi connectivity index (χ4n) is 1.88. The van der Waals surface area contributed by atoms with Crippen molar-refractivity contribution in [1.82, 2.24) is 0 Å². The molecule has 0 aliphatic rings. The number of methoxy groups -OCH3 is 1. The van der Waals surface area contributed by atoms with E-state index >= 15 is 0 Å². The third-order valence-electron chi connectivity index (χ3n) is 3.05. The van der Waals surface area contributed by atoms with Gasteiger partial charge in [0.1, 0.15) is 11.3 Å². The summed E-state index contributed by atoms with van der Waals surface area (Å²) in [5.74, 6) is -0.0657. The molecule has 0 unspecified atom stereocenters. The number of aromatic carboxylic acids is 1. The van der Waals surface area contributed by atoms with E-state index in [0.29, 0.717) is 16.5 Å². The van der Waals surface area contributed by atoms with E-state index in [9.17, 15) is 4.79 Å². The summed E-state index contributed by atoms with van der Waals surface area (Å²) < 4.78 is 5.06. The number of hydrogen-bond acceptors (Lipinski definition) is 5. The van der Waals surface area contributed by atoms with Gasteiger partial charge in [-0.2, -0.15) is 5.10 Å². The first-order valence-electron chi connectivity index (χ1n) is 7.04. The number of carboxylic acid groups (broad SMARTS) is 1. The number of rotatable bonds is 6. The van der Waals surface area contributed by atoms with Crippen molar-refractivity contribution in [2.24, 2.45) is 15.9 Å². The van der Waals surface area contributed by atoms with Crippen LogP contribution in [-0.4, -0.2) is 29.6 Å². The van der Waals surface area contributed by atoms with Crippen LogP contribution in [0.4, 0.5) is 0 Å². The Hall–Kier alpha value is -2.80. The molecule has 6 nitrogen and oxygen atoms in total. The average molecular weight is 343 g/mol. The second kappa shape index (κ2) is 8.73. The van der Waals surface area contributed by atoms with Gasteiger partial charge in [-0.1, -0.05) is 48.2 Å². The van der Waals surface area contributed by atoms with Crippen LogP contribution in [0.25, 0.3) is 0 Å². The van der Waals surface area contributed by atoms with Crippen molar-refractivity contribution in [2.75, 3.05) is 7.11 Å². The molecule has 0 aromatic heterocycles. The van der Waals surface area contributed by atoms with Gasteiger partial charge in [0.05, 0.1) is 13.3 Å². The van der Waals surface area contributed by atoms with Crippen LogP contribution in [0.15, 0.2) is 58.7 Å². The minimum Gasteiger partial charge on any atom is -0.496 e. The average Bonchev–Trinajstić information content (AvgIpc) is 2.60. The minimum absolute atomic E-state index is 0.0936. The zero-order valence-electron chi connectivity index (χ0n) is 13.0. The number of carboxylic acids is 1. The number of thioether (sulfide) groups is 1. The number of benzene rings is 2. The van der Waals surface area contributed by atoms with Crippen molar-refractivity contribution in [1.29, 1.82) is 0 Å². The normalized spacial score (nSPS) is 11.6. The van der Waals surface area contributed by atoms with Gasteiger partial charge >= 0.3 is 5.97 Å². The van der Waals surface area contributed by atoms with Crippen molar-refractivity contribution in [3.63, 3.8) is 0 Å². The van der Waals surface area contributed by atoms with E-state index in [0.717, 1.165) is 5.56 Å². The molecule has 0 aliphatic carbocycles. The number of nitrogens with zero attached hydrogens (tertiary/aromatic N) is 2. The van der Waals surface area contributed by atoms with Crippen molar-refractivity contribution in [3.8, 4) is 5.75 Å². The van der Waals surface area contributed by atoms with Gasteiger partial charge in [0, 0.05) is 5.75 Å². The molecule has 0 saturated heterocycles. The molecule has 24 heavy (non-hydrogen) atoms. The van der Waals surface area contributed by atoms with Gasteiger partial charge in [0.2, 0.25) is 0 Å². The molecule has 0 atom stereocenters. The smallest absolute Gasteiger partial charge is 0.339 e. The SMILES string of the molecule is COc1cc(C=NN=C(N)SCc2ccccc2)ccc1C(=O)O. The third-order valence-corrected chi connectivity index (χ3v) is 3.90. The quantitative estimate of drug-likeness (QED) is 0.477. The van der Waals surface area contributed by atoms with Gasteiger partial charge in [-0.15, -0.1) is 5.10 Å². The second-order valence-corrected chi connectivity index (χ2v) is 5.72. The zero-order chi connectivity index (χ0) is 17.4. The first-order chi connectivity index (χ1) is 11.6. The highest BCUT2D eigenvalue weighted by molar-refractivity contribution is 8.13. The molecular weight excluding hydrogens is 326 g/mol. The van der Waals surface area contributed by atoms with Crippen LogP contribution in [0.2, 0.25) is 0 Å². The summed E-state index contributed by atoms with van der Waals surface area (Å²) in [7, 11) is 1.42. The summed E-state index contributed by atoms with van der Waals surface area (Å²) in [6, 6.07) is 14.6. The van der Waals surface area contributed by atoms with Crippen LogP contribution in [0.3, 0.4) is 0 Å². The largest absolute Gasteiger partial charge is 0.496 e. The number of carbonyl (C=O) groups is 1. The highest BCUT2D eigenvalue weighted by Gasteiger charge is 2.10. The van der Waals surface area contributed by atoms with Crippen LogP contribution < -0.4 is 10.5 Å². The summed E-state index contributed by atoms with van der Waals surface area (Å²) in [6.07, 6.45) is 1.49. The van der Waals surface area contributed by atoms with Crippen molar-refractivity contribution in [3.05, 3.63) is 65.2 Å². The standard InChI is InChI=1S/C17H17N3O3S/c1-23-15-9-13(7-8-14(15)16(21)22)10-19-20-17(18)24-11-12-5-3-2-4-6-12/h2-10H,11H2,1H3,(H2,18,20)(H,21,22). The molecule has 0 bridgehead atoms. The third kappa shape index (κ3) is 5.13. The molecule has 0 fully saturated rings. The van der Waals surface area contributed by atoms with E-state index in [1.54, 1.807) is 12.1 Å². The first-order valence-corrected chi connectivity index (χ1v) is 8.03. The summed E-state index contributed by atoms with van der Waals surface area (Å²) in [6.45, 7) is 0. The Labute approximate surface area is 144 Å². The zero-order valence-corrected chi connectivity index (χ0v) is 13.9. The number of amidine groups is 1. The van der Waals surface area contributed by atoms with Crippen LogP contribution in [0, 0.1) is 0 Å². The lowest BCUT2D eigenvalue weighted by Gasteiger charge is -2.04. The first kappa shape index (κ1) is 17.6. The highest BCUT2D eigenvalue weighted by Crippen LogP contribution is 2.19. The molecule has 0 heterocycles.